The Morgan fingerprint density at radius 3 is 2.50 bits per heavy atom. The molecule has 0 radical (unpaired) electrons. The maximum atomic E-state index is 5.99. The summed E-state index contributed by atoms with van der Waals surface area (Å²) in [6.45, 7) is 0. The third kappa shape index (κ3) is 2.21. The van der Waals surface area contributed by atoms with E-state index in [0.29, 0.717) is 0 Å². The molecular formula is C18H12BrClN2. The van der Waals surface area contributed by atoms with Crippen molar-refractivity contribution in [3.8, 4) is 11.3 Å². The summed E-state index contributed by atoms with van der Waals surface area (Å²) < 4.78 is 3.01. The number of hydrogen-bond acceptors (Lipinski definition) is 1. The molecule has 0 aliphatic rings. The molecule has 108 valence electrons. The molecule has 1 aromatic heterocycles. The Bertz CT molecular complexity index is 1000. The number of nitrogens with zero attached hydrogens (tertiary/aromatic N) is 2. The highest BCUT2D eigenvalue weighted by Gasteiger charge is 2.12. The number of fused-ring (bicyclic) bond motifs is 2. The van der Waals surface area contributed by atoms with Crippen molar-refractivity contribution >= 4 is 49.2 Å². The Labute approximate surface area is 141 Å². The topological polar surface area (TPSA) is 17.8 Å². The normalized spacial score (nSPS) is 11.4. The van der Waals surface area contributed by atoms with Gasteiger partial charge in [-0.15, -0.1) is 0 Å². The van der Waals surface area contributed by atoms with Gasteiger partial charge in [0.1, 0.15) is 5.69 Å². The molecule has 1 heterocycles. The lowest BCUT2D eigenvalue weighted by molar-refractivity contribution is 0.801. The maximum absolute atomic E-state index is 5.99. The van der Waals surface area contributed by atoms with Crippen LogP contribution in [0.3, 0.4) is 0 Å². The number of halogens is 2. The highest BCUT2D eigenvalue weighted by molar-refractivity contribution is 9.10. The van der Waals surface area contributed by atoms with E-state index in [2.05, 4.69) is 46.3 Å². The van der Waals surface area contributed by atoms with Crippen LogP contribution in [0.1, 0.15) is 0 Å². The molecule has 4 aromatic rings. The Morgan fingerprint density at radius 1 is 0.955 bits per heavy atom. The molecule has 0 aliphatic heterocycles. The van der Waals surface area contributed by atoms with E-state index in [4.69, 9.17) is 16.7 Å². The third-order valence-electron chi connectivity index (χ3n) is 3.89. The van der Waals surface area contributed by atoms with Crippen LogP contribution in [-0.2, 0) is 7.05 Å². The maximum Gasteiger partial charge on any atom is 0.100 e. The van der Waals surface area contributed by atoms with Gasteiger partial charge in [-0.25, -0.2) is 0 Å². The van der Waals surface area contributed by atoms with Crippen LogP contribution >= 0.6 is 27.5 Å². The molecule has 0 spiro atoms. The van der Waals surface area contributed by atoms with Gasteiger partial charge in [-0.1, -0.05) is 45.7 Å². The molecule has 0 bridgehead atoms. The standard InChI is InChI=1S/C18H12BrClN2/c1-22-17-10-12-2-5-14(19)8-13(12)9-16(17)18(21-22)11-3-6-15(20)7-4-11/h2-10H,1H3. The fourth-order valence-corrected chi connectivity index (χ4v) is 3.30. The zero-order valence-electron chi connectivity index (χ0n) is 11.8. The Hall–Kier alpha value is -1.84. The predicted octanol–water partition coefficient (Wildman–Crippen LogP) is 5.81. The summed E-state index contributed by atoms with van der Waals surface area (Å²) in [4.78, 5) is 0. The van der Waals surface area contributed by atoms with Crippen LogP contribution in [0.5, 0.6) is 0 Å². The zero-order valence-corrected chi connectivity index (χ0v) is 14.2. The van der Waals surface area contributed by atoms with Crippen molar-refractivity contribution in [2.75, 3.05) is 0 Å². The third-order valence-corrected chi connectivity index (χ3v) is 4.63. The number of hydrogen-bond donors (Lipinski definition) is 0. The van der Waals surface area contributed by atoms with E-state index in [9.17, 15) is 0 Å². The average Bonchev–Trinajstić information content (AvgIpc) is 2.82. The van der Waals surface area contributed by atoms with E-state index in [0.717, 1.165) is 31.7 Å². The van der Waals surface area contributed by atoms with Crippen LogP contribution in [0.4, 0.5) is 0 Å². The Balaban J connectivity index is 2.04. The lowest BCUT2D eigenvalue weighted by Gasteiger charge is -2.02. The van der Waals surface area contributed by atoms with Crippen LogP contribution in [0.25, 0.3) is 32.9 Å². The fraction of sp³-hybridized carbons (Fsp3) is 0.0556. The molecule has 0 amide bonds. The van der Waals surface area contributed by atoms with Gasteiger partial charge in [0.2, 0.25) is 0 Å². The molecule has 22 heavy (non-hydrogen) atoms. The summed E-state index contributed by atoms with van der Waals surface area (Å²) in [6.07, 6.45) is 0. The van der Waals surface area contributed by atoms with Crippen LogP contribution in [0.2, 0.25) is 5.02 Å². The van der Waals surface area contributed by atoms with Crippen LogP contribution in [0, 0.1) is 0 Å². The van der Waals surface area contributed by atoms with Gasteiger partial charge in [-0.2, -0.15) is 5.10 Å². The largest absolute Gasteiger partial charge is 0.267 e. The fourth-order valence-electron chi connectivity index (χ4n) is 2.79. The van der Waals surface area contributed by atoms with Crippen LogP contribution in [0.15, 0.2) is 59.1 Å². The predicted molar refractivity (Wildman–Crippen MR) is 96.4 cm³/mol. The molecule has 0 fully saturated rings. The number of benzene rings is 3. The van der Waals surface area contributed by atoms with Crippen molar-refractivity contribution in [3.63, 3.8) is 0 Å². The molecular weight excluding hydrogens is 360 g/mol. The summed E-state index contributed by atoms with van der Waals surface area (Å²) in [7, 11) is 1.98. The van der Waals surface area contributed by atoms with Gasteiger partial charge in [0.25, 0.3) is 0 Å². The van der Waals surface area contributed by atoms with E-state index in [1.54, 1.807) is 0 Å². The highest BCUT2D eigenvalue weighted by atomic mass is 79.9. The second-order valence-corrected chi connectivity index (χ2v) is 6.69. The monoisotopic (exact) mass is 370 g/mol. The zero-order chi connectivity index (χ0) is 15.3. The molecule has 0 atom stereocenters. The SMILES string of the molecule is Cn1nc(-c2ccc(Cl)cc2)c2cc3cc(Br)ccc3cc21. The van der Waals surface area contributed by atoms with E-state index in [-0.39, 0.29) is 0 Å². The van der Waals surface area contributed by atoms with Gasteiger partial charge in [-0.3, -0.25) is 4.68 Å². The minimum atomic E-state index is 0.735. The molecule has 4 heteroatoms. The first kappa shape index (κ1) is 13.8. The van der Waals surface area contributed by atoms with Crippen molar-refractivity contribution in [1.82, 2.24) is 9.78 Å². The first-order chi connectivity index (χ1) is 10.6. The molecule has 0 saturated heterocycles. The minimum Gasteiger partial charge on any atom is -0.267 e. The molecule has 2 nitrogen and oxygen atoms in total. The van der Waals surface area contributed by atoms with E-state index >= 15 is 0 Å². The van der Waals surface area contributed by atoms with Crippen molar-refractivity contribution in [3.05, 3.63) is 64.1 Å². The molecule has 4 rings (SSSR count). The average molecular weight is 372 g/mol. The highest BCUT2D eigenvalue weighted by Crippen LogP contribution is 2.32. The van der Waals surface area contributed by atoms with E-state index in [1.807, 2.05) is 36.0 Å². The second kappa shape index (κ2) is 5.11. The van der Waals surface area contributed by atoms with Gasteiger partial charge in [0, 0.05) is 27.5 Å². The van der Waals surface area contributed by atoms with Gasteiger partial charge in [-0.05, 0) is 47.2 Å². The first-order valence-electron chi connectivity index (χ1n) is 6.94. The molecule has 0 aliphatic carbocycles. The summed E-state index contributed by atoms with van der Waals surface area (Å²) in [6, 6.07) is 18.5. The number of aryl methyl sites for hydroxylation is 1. The minimum absolute atomic E-state index is 0.735. The molecule has 0 saturated carbocycles. The van der Waals surface area contributed by atoms with Crippen LogP contribution < -0.4 is 0 Å². The smallest absolute Gasteiger partial charge is 0.100 e. The van der Waals surface area contributed by atoms with E-state index in [1.165, 1.54) is 10.8 Å². The van der Waals surface area contributed by atoms with E-state index < -0.39 is 0 Å². The van der Waals surface area contributed by atoms with Gasteiger partial charge in [0.05, 0.1) is 5.52 Å². The summed E-state index contributed by atoms with van der Waals surface area (Å²) >= 11 is 9.52. The van der Waals surface area contributed by atoms with Gasteiger partial charge in [0.15, 0.2) is 0 Å². The Morgan fingerprint density at radius 2 is 1.73 bits per heavy atom. The van der Waals surface area contributed by atoms with Gasteiger partial charge < -0.3 is 0 Å². The Kier molecular flexibility index (Phi) is 3.21. The number of aromatic nitrogens is 2. The lowest BCUT2D eigenvalue weighted by Crippen LogP contribution is -1.89. The first-order valence-corrected chi connectivity index (χ1v) is 8.11. The van der Waals surface area contributed by atoms with Crippen molar-refractivity contribution in [2.24, 2.45) is 7.05 Å². The quantitative estimate of drug-likeness (QED) is 0.413. The second-order valence-electron chi connectivity index (χ2n) is 5.34. The molecule has 3 aromatic carbocycles. The summed E-state index contributed by atoms with van der Waals surface area (Å²) in [5.74, 6) is 0. The molecule has 0 unspecified atom stereocenters. The van der Waals surface area contributed by atoms with Crippen molar-refractivity contribution in [1.29, 1.82) is 0 Å². The number of rotatable bonds is 1. The molecule has 0 N–H and O–H groups in total. The summed E-state index contributed by atoms with van der Waals surface area (Å²) in [5, 5.41) is 8.99. The summed E-state index contributed by atoms with van der Waals surface area (Å²) in [5.41, 5.74) is 3.18. The lowest BCUT2D eigenvalue weighted by atomic mass is 10.0. The van der Waals surface area contributed by atoms with Crippen LogP contribution in [-0.4, -0.2) is 9.78 Å². The van der Waals surface area contributed by atoms with Crippen molar-refractivity contribution in [2.45, 2.75) is 0 Å². The van der Waals surface area contributed by atoms with Crippen molar-refractivity contribution < 1.29 is 0 Å². The van der Waals surface area contributed by atoms with Gasteiger partial charge >= 0.3 is 0 Å².